The quantitative estimate of drug-likeness (QED) is 0.803. The van der Waals surface area contributed by atoms with Crippen LogP contribution >= 0.6 is 0 Å². The van der Waals surface area contributed by atoms with Gasteiger partial charge in [0.2, 0.25) is 0 Å². The van der Waals surface area contributed by atoms with Crippen LogP contribution in [0.5, 0.6) is 0 Å². The Balaban J connectivity index is 2.17. The average molecular weight is 276 g/mol. The van der Waals surface area contributed by atoms with E-state index in [1.807, 2.05) is 24.3 Å². The van der Waals surface area contributed by atoms with Crippen LogP contribution in [0.3, 0.4) is 0 Å². The van der Waals surface area contributed by atoms with E-state index in [0.29, 0.717) is 6.42 Å². The number of ether oxygens (including phenoxy) is 2. The number of rotatable bonds is 2. The molecule has 5 nitrogen and oxygen atoms in total. The van der Waals surface area contributed by atoms with E-state index in [-0.39, 0.29) is 13.2 Å². The molecule has 0 unspecified atom stereocenters. The summed E-state index contributed by atoms with van der Waals surface area (Å²) >= 11 is 0. The van der Waals surface area contributed by atoms with Crippen molar-refractivity contribution >= 4 is 11.9 Å². The number of hydrogen-bond acceptors (Lipinski definition) is 5. The minimum Gasteiger partial charge on any atom is -0.469 e. The largest absolute Gasteiger partial charge is 0.469 e. The Morgan fingerprint density at radius 1 is 1.50 bits per heavy atom. The standard InChI is InChI=1S/C15H16O5/c1-19-13(17)11-10-5-3-2-4-9(10)6-15(7-16)8-20-14(18)12(11)15/h2-5,11-12,16H,6-8H2,1H3/t11-,12-,15+/m0/s1. The SMILES string of the molecule is COC(=O)[C@H]1c2ccccc2C[C@@]2(CO)COC(=O)[C@H]12. The number of esters is 2. The third kappa shape index (κ3) is 1.66. The first-order valence-corrected chi connectivity index (χ1v) is 6.56. The molecule has 0 saturated carbocycles. The topological polar surface area (TPSA) is 72.8 Å². The van der Waals surface area contributed by atoms with E-state index in [2.05, 4.69) is 0 Å². The van der Waals surface area contributed by atoms with Gasteiger partial charge in [-0.05, 0) is 17.5 Å². The summed E-state index contributed by atoms with van der Waals surface area (Å²) < 4.78 is 10.0. The molecule has 3 atom stereocenters. The van der Waals surface area contributed by atoms with Gasteiger partial charge in [-0.3, -0.25) is 9.59 Å². The molecule has 1 N–H and O–H groups in total. The van der Waals surface area contributed by atoms with Crippen LogP contribution in [0.25, 0.3) is 0 Å². The van der Waals surface area contributed by atoms with Crippen LogP contribution in [0.1, 0.15) is 17.0 Å². The molecule has 1 aliphatic heterocycles. The first-order valence-electron chi connectivity index (χ1n) is 6.56. The summed E-state index contributed by atoms with van der Waals surface area (Å²) in [4.78, 5) is 24.2. The summed E-state index contributed by atoms with van der Waals surface area (Å²) in [6.07, 6.45) is 0.531. The lowest BCUT2D eigenvalue weighted by Gasteiger charge is -2.39. The van der Waals surface area contributed by atoms with Crippen molar-refractivity contribution in [3.8, 4) is 0 Å². The van der Waals surface area contributed by atoms with Crippen molar-refractivity contribution in [2.45, 2.75) is 12.3 Å². The molecule has 3 rings (SSSR count). The maximum atomic E-state index is 12.2. The fourth-order valence-corrected chi connectivity index (χ4v) is 3.44. The minimum absolute atomic E-state index is 0.148. The molecule has 1 heterocycles. The second-order valence-electron chi connectivity index (χ2n) is 5.48. The second-order valence-corrected chi connectivity index (χ2v) is 5.48. The van der Waals surface area contributed by atoms with Crippen LogP contribution in [0.4, 0.5) is 0 Å². The van der Waals surface area contributed by atoms with E-state index in [1.165, 1.54) is 7.11 Å². The molecule has 1 aliphatic carbocycles. The highest BCUT2D eigenvalue weighted by molar-refractivity contribution is 5.89. The molecule has 0 amide bonds. The highest BCUT2D eigenvalue weighted by atomic mass is 16.5. The summed E-state index contributed by atoms with van der Waals surface area (Å²) in [5, 5.41) is 9.78. The van der Waals surface area contributed by atoms with Gasteiger partial charge in [-0.15, -0.1) is 0 Å². The van der Waals surface area contributed by atoms with Crippen molar-refractivity contribution in [1.29, 1.82) is 0 Å². The zero-order valence-corrected chi connectivity index (χ0v) is 11.2. The van der Waals surface area contributed by atoms with E-state index < -0.39 is 29.2 Å². The van der Waals surface area contributed by atoms with Gasteiger partial charge in [0.1, 0.15) is 6.61 Å². The first-order chi connectivity index (χ1) is 9.63. The fraction of sp³-hybridized carbons (Fsp3) is 0.467. The van der Waals surface area contributed by atoms with Gasteiger partial charge in [-0.25, -0.2) is 0 Å². The van der Waals surface area contributed by atoms with Gasteiger partial charge < -0.3 is 14.6 Å². The molecular formula is C15H16O5. The summed E-state index contributed by atoms with van der Waals surface area (Å²) in [6.45, 7) is -0.0416. The van der Waals surface area contributed by atoms with Crippen molar-refractivity contribution in [3.05, 3.63) is 35.4 Å². The van der Waals surface area contributed by atoms with Crippen molar-refractivity contribution < 1.29 is 24.2 Å². The van der Waals surface area contributed by atoms with Crippen molar-refractivity contribution in [2.75, 3.05) is 20.3 Å². The zero-order chi connectivity index (χ0) is 14.3. The molecule has 106 valence electrons. The Morgan fingerprint density at radius 3 is 2.95 bits per heavy atom. The van der Waals surface area contributed by atoms with Crippen LogP contribution in [-0.4, -0.2) is 37.4 Å². The number of methoxy groups -OCH3 is 1. The normalized spacial score (nSPS) is 31.2. The van der Waals surface area contributed by atoms with Gasteiger partial charge in [-0.1, -0.05) is 24.3 Å². The molecule has 5 heteroatoms. The average Bonchev–Trinajstić information content (AvgIpc) is 2.82. The molecule has 0 spiro atoms. The Hall–Kier alpha value is -1.88. The minimum atomic E-state index is -0.718. The molecule has 1 saturated heterocycles. The summed E-state index contributed by atoms with van der Waals surface area (Å²) in [5.41, 5.74) is 1.04. The Labute approximate surface area is 116 Å². The molecule has 0 aromatic heterocycles. The number of aliphatic hydroxyl groups excluding tert-OH is 1. The molecule has 0 bridgehead atoms. The van der Waals surface area contributed by atoms with Gasteiger partial charge in [0.25, 0.3) is 0 Å². The van der Waals surface area contributed by atoms with Crippen molar-refractivity contribution in [2.24, 2.45) is 11.3 Å². The van der Waals surface area contributed by atoms with Crippen LogP contribution < -0.4 is 0 Å². The molecule has 1 aromatic rings. The maximum Gasteiger partial charge on any atom is 0.314 e. The number of cyclic esters (lactones) is 1. The Bertz CT molecular complexity index is 567. The van der Waals surface area contributed by atoms with Crippen LogP contribution in [-0.2, 0) is 25.5 Å². The third-order valence-corrected chi connectivity index (χ3v) is 4.45. The van der Waals surface area contributed by atoms with Crippen LogP contribution in [0, 0.1) is 11.3 Å². The van der Waals surface area contributed by atoms with Gasteiger partial charge in [0, 0.05) is 5.41 Å². The van der Waals surface area contributed by atoms with Gasteiger partial charge in [0.05, 0.1) is 25.6 Å². The lowest BCUT2D eigenvalue weighted by atomic mass is 9.61. The zero-order valence-electron chi connectivity index (χ0n) is 11.2. The van der Waals surface area contributed by atoms with Gasteiger partial charge >= 0.3 is 11.9 Å². The third-order valence-electron chi connectivity index (χ3n) is 4.45. The smallest absolute Gasteiger partial charge is 0.314 e. The number of hydrogen-bond donors (Lipinski definition) is 1. The molecule has 20 heavy (non-hydrogen) atoms. The van der Waals surface area contributed by atoms with Crippen molar-refractivity contribution in [1.82, 2.24) is 0 Å². The van der Waals surface area contributed by atoms with E-state index in [1.54, 1.807) is 0 Å². The number of carbonyl (C=O) groups is 2. The number of aliphatic hydroxyl groups is 1. The van der Waals surface area contributed by atoms with Crippen LogP contribution in [0.2, 0.25) is 0 Å². The molecular weight excluding hydrogens is 260 g/mol. The predicted octanol–water partition coefficient (Wildman–Crippen LogP) is 0.651. The lowest BCUT2D eigenvalue weighted by Crippen LogP contribution is -2.46. The number of fused-ring (bicyclic) bond motifs is 2. The maximum absolute atomic E-state index is 12.2. The number of carbonyl (C=O) groups excluding carboxylic acids is 2. The molecule has 1 fully saturated rings. The van der Waals surface area contributed by atoms with E-state index in [0.717, 1.165) is 11.1 Å². The summed E-state index contributed by atoms with van der Waals surface area (Å²) in [5.74, 6) is -2.26. The Morgan fingerprint density at radius 2 is 2.25 bits per heavy atom. The van der Waals surface area contributed by atoms with E-state index >= 15 is 0 Å². The molecule has 2 aliphatic rings. The molecule has 1 aromatic carbocycles. The predicted molar refractivity (Wildman–Crippen MR) is 68.9 cm³/mol. The van der Waals surface area contributed by atoms with Gasteiger partial charge in [0.15, 0.2) is 0 Å². The highest BCUT2D eigenvalue weighted by Crippen LogP contribution is 2.51. The summed E-state index contributed by atoms with van der Waals surface area (Å²) in [7, 11) is 1.31. The van der Waals surface area contributed by atoms with Crippen molar-refractivity contribution in [3.63, 3.8) is 0 Å². The lowest BCUT2D eigenvalue weighted by molar-refractivity contribution is -0.152. The van der Waals surface area contributed by atoms with Gasteiger partial charge in [-0.2, -0.15) is 0 Å². The van der Waals surface area contributed by atoms with Crippen LogP contribution in [0.15, 0.2) is 24.3 Å². The monoisotopic (exact) mass is 276 g/mol. The number of benzene rings is 1. The Kier molecular flexibility index (Phi) is 3.01. The first kappa shape index (κ1) is 13.1. The van der Waals surface area contributed by atoms with E-state index in [9.17, 15) is 14.7 Å². The molecule has 0 radical (unpaired) electrons. The summed E-state index contributed by atoms with van der Waals surface area (Å²) in [6, 6.07) is 7.47. The van der Waals surface area contributed by atoms with E-state index in [4.69, 9.17) is 9.47 Å². The fourth-order valence-electron chi connectivity index (χ4n) is 3.44. The second kappa shape index (κ2) is 4.59. The highest BCUT2D eigenvalue weighted by Gasteiger charge is 2.59.